The van der Waals surface area contributed by atoms with Crippen molar-refractivity contribution in [2.75, 3.05) is 5.32 Å². The Kier molecular flexibility index (Phi) is 3.79. The number of anilines is 1. The minimum absolute atomic E-state index is 0.0174. The number of fused-ring (bicyclic) bond motifs is 1. The summed E-state index contributed by atoms with van der Waals surface area (Å²) in [6.07, 6.45) is 6.00. The zero-order valence-corrected chi connectivity index (χ0v) is 15.0. The van der Waals surface area contributed by atoms with Crippen LogP contribution < -0.4 is 5.32 Å². The summed E-state index contributed by atoms with van der Waals surface area (Å²) < 4.78 is 0.973. The van der Waals surface area contributed by atoms with Gasteiger partial charge in [-0.3, -0.25) is 9.59 Å². The second-order valence-corrected chi connectivity index (χ2v) is 8.05. The number of halogens is 1. The van der Waals surface area contributed by atoms with E-state index in [0.717, 1.165) is 28.6 Å². The highest BCUT2D eigenvalue weighted by atomic mass is 79.9. The summed E-state index contributed by atoms with van der Waals surface area (Å²) in [6.45, 7) is 2.04. The van der Waals surface area contributed by atoms with Crippen LogP contribution in [0, 0.1) is 35.5 Å². The lowest BCUT2D eigenvalue weighted by molar-refractivity contribution is -0.152. The first-order valence-electron chi connectivity index (χ1n) is 8.51. The lowest BCUT2D eigenvalue weighted by Gasteiger charge is -2.41. The van der Waals surface area contributed by atoms with Crippen LogP contribution in [0.3, 0.4) is 0 Å². The van der Waals surface area contributed by atoms with Crippen molar-refractivity contribution in [2.24, 2.45) is 35.5 Å². The van der Waals surface area contributed by atoms with Crippen molar-refractivity contribution in [3.63, 3.8) is 0 Å². The Morgan fingerprint density at radius 2 is 1.88 bits per heavy atom. The predicted molar refractivity (Wildman–Crippen MR) is 94.5 cm³/mol. The number of aliphatic carboxylic acids is 1. The Morgan fingerprint density at radius 1 is 1.21 bits per heavy atom. The standard InChI is InChI=1S/C19H20BrNO3/c1-2-9-7-10(20)3-6-15(9)21-18(22)16-11-4-5-12(14-8-13(11)14)17(16)19(23)24/h3-7,11-14,16-17H,2,8H2,1H3,(H,21,22)(H,23,24)/t11-,12-,13-,14-,16+,17+/m0/s1. The Hall–Kier alpha value is -1.62. The number of carboxylic acid groups (broad SMARTS) is 1. The van der Waals surface area contributed by atoms with Crippen LogP contribution in [-0.4, -0.2) is 17.0 Å². The van der Waals surface area contributed by atoms with Crippen molar-refractivity contribution >= 4 is 33.5 Å². The van der Waals surface area contributed by atoms with Crippen molar-refractivity contribution in [1.29, 1.82) is 0 Å². The van der Waals surface area contributed by atoms with E-state index in [4.69, 9.17) is 0 Å². The van der Waals surface area contributed by atoms with Gasteiger partial charge in [0.1, 0.15) is 0 Å². The van der Waals surface area contributed by atoms with Gasteiger partial charge in [0.05, 0.1) is 11.8 Å². The molecule has 1 amide bonds. The molecule has 0 radical (unpaired) electrons. The van der Waals surface area contributed by atoms with Crippen LogP contribution >= 0.6 is 15.9 Å². The molecule has 4 nitrogen and oxygen atoms in total. The van der Waals surface area contributed by atoms with Gasteiger partial charge in [0, 0.05) is 10.2 Å². The van der Waals surface area contributed by atoms with E-state index < -0.39 is 17.8 Å². The summed E-state index contributed by atoms with van der Waals surface area (Å²) in [5.74, 6) is -0.981. The van der Waals surface area contributed by atoms with E-state index >= 15 is 0 Å². The molecule has 0 aromatic heterocycles. The van der Waals surface area contributed by atoms with E-state index in [1.807, 2.05) is 31.2 Å². The fraction of sp³-hybridized carbons (Fsp3) is 0.474. The van der Waals surface area contributed by atoms with E-state index in [9.17, 15) is 14.7 Å². The minimum Gasteiger partial charge on any atom is -0.481 e. The number of carbonyl (C=O) groups is 2. The average Bonchev–Trinajstić information content (AvgIpc) is 3.37. The molecule has 0 spiro atoms. The SMILES string of the molecule is CCc1cc(Br)ccc1NC(=O)[C@@H]1[C@H]2C=C[C@@H]([C@@H]3C[C@@H]23)[C@H]1C(=O)O. The summed E-state index contributed by atoms with van der Waals surface area (Å²) >= 11 is 3.45. The summed E-state index contributed by atoms with van der Waals surface area (Å²) in [4.78, 5) is 24.8. The van der Waals surface area contributed by atoms with Crippen molar-refractivity contribution < 1.29 is 14.7 Å². The molecule has 4 aliphatic rings. The first-order chi connectivity index (χ1) is 11.5. The maximum atomic E-state index is 13.0. The molecule has 2 fully saturated rings. The molecule has 2 N–H and O–H groups in total. The molecule has 24 heavy (non-hydrogen) atoms. The predicted octanol–water partition coefficient (Wildman–Crippen LogP) is 3.72. The second kappa shape index (κ2) is 5.73. The summed E-state index contributed by atoms with van der Waals surface area (Å²) in [6, 6.07) is 5.77. The number of hydrogen-bond donors (Lipinski definition) is 2. The molecule has 2 saturated carbocycles. The van der Waals surface area contributed by atoms with Crippen LogP contribution in [0.25, 0.3) is 0 Å². The van der Waals surface area contributed by atoms with Crippen LogP contribution in [0.15, 0.2) is 34.8 Å². The number of carboxylic acids is 1. The number of benzene rings is 1. The highest BCUT2D eigenvalue weighted by molar-refractivity contribution is 9.10. The van der Waals surface area contributed by atoms with Gasteiger partial charge in [0.15, 0.2) is 0 Å². The molecule has 1 aromatic carbocycles. The monoisotopic (exact) mass is 389 g/mol. The molecule has 1 aromatic rings. The fourth-order valence-corrected chi connectivity index (χ4v) is 5.17. The van der Waals surface area contributed by atoms with Crippen molar-refractivity contribution in [2.45, 2.75) is 19.8 Å². The zero-order valence-electron chi connectivity index (χ0n) is 13.4. The van der Waals surface area contributed by atoms with Crippen molar-refractivity contribution in [3.8, 4) is 0 Å². The maximum Gasteiger partial charge on any atom is 0.307 e. The molecule has 126 valence electrons. The number of allylic oxidation sites excluding steroid dienone is 2. The summed E-state index contributed by atoms with van der Waals surface area (Å²) in [7, 11) is 0. The van der Waals surface area contributed by atoms with Gasteiger partial charge in [-0.25, -0.2) is 0 Å². The van der Waals surface area contributed by atoms with Gasteiger partial charge in [-0.15, -0.1) is 0 Å². The number of nitrogens with one attached hydrogen (secondary N) is 1. The van der Waals surface area contributed by atoms with E-state index in [1.54, 1.807) is 0 Å². The third-order valence-corrected chi connectivity index (χ3v) is 6.44. The maximum absolute atomic E-state index is 13.0. The van der Waals surface area contributed by atoms with E-state index in [1.165, 1.54) is 0 Å². The zero-order chi connectivity index (χ0) is 17.0. The van der Waals surface area contributed by atoms with Crippen LogP contribution in [-0.2, 0) is 16.0 Å². The lowest BCUT2D eigenvalue weighted by atomic mass is 9.62. The molecular weight excluding hydrogens is 370 g/mol. The highest BCUT2D eigenvalue weighted by Crippen LogP contribution is 2.63. The van der Waals surface area contributed by atoms with Gasteiger partial charge >= 0.3 is 5.97 Å². The average molecular weight is 390 g/mol. The molecule has 0 saturated heterocycles. The Morgan fingerprint density at radius 3 is 2.50 bits per heavy atom. The highest BCUT2D eigenvalue weighted by Gasteiger charge is 2.62. The largest absolute Gasteiger partial charge is 0.481 e. The quantitative estimate of drug-likeness (QED) is 0.771. The lowest BCUT2D eigenvalue weighted by Crippen LogP contribution is -2.48. The smallest absolute Gasteiger partial charge is 0.307 e. The molecular formula is C19H20BrNO3. The molecule has 0 aliphatic heterocycles. The molecule has 0 heterocycles. The number of rotatable bonds is 4. The molecule has 5 heteroatoms. The molecule has 0 unspecified atom stereocenters. The van der Waals surface area contributed by atoms with E-state index in [2.05, 4.69) is 27.3 Å². The summed E-state index contributed by atoms with van der Waals surface area (Å²) in [5.41, 5.74) is 1.83. The van der Waals surface area contributed by atoms with Gasteiger partial charge < -0.3 is 10.4 Å². The fourth-order valence-electron chi connectivity index (χ4n) is 4.76. The van der Waals surface area contributed by atoms with Gasteiger partial charge in [0.25, 0.3) is 0 Å². The number of amides is 1. The molecule has 5 rings (SSSR count). The van der Waals surface area contributed by atoms with Crippen molar-refractivity contribution in [1.82, 2.24) is 0 Å². The van der Waals surface area contributed by atoms with Crippen LogP contribution in [0.2, 0.25) is 0 Å². The van der Waals surface area contributed by atoms with Gasteiger partial charge in [-0.2, -0.15) is 0 Å². The normalized spacial score (nSPS) is 35.4. The van der Waals surface area contributed by atoms with Crippen LogP contribution in [0.1, 0.15) is 18.9 Å². The second-order valence-electron chi connectivity index (χ2n) is 7.14. The number of carbonyl (C=O) groups excluding carboxylic acids is 1. The molecule has 6 atom stereocenters. The van der Waals surface area contributed by atoms with Crippen molar-refractivity contribution in [3.05, 3.63) is 40.4 Å². The van der Waals surface area contributed by atoms with Gasteiger partial charge in [0.2, 0.25) is 5.91 Å². The molecule has 2 bridgehead atoms. The van der Waals surface area contributed by atoms with E-state index in [0.29, 0.717) is 11.8 Å². The first-order valence-corrected chi connectivity index (χ1v) is 9.31. The minimum atomic E-state index is -0.841. The van der Waals surface area contributed by atoms with Crippen LogP contribution in [0.4, 0.5) is 5.69 Å². The number of aryl methyl sites for hydroxylation is 1. The van der Waals surface area contributed by atoms with Gasteiger partial charge in [-0.05, 0) is 60.3 Å². The van der Waals surface area contributed by atoms with Crippen LogP contribution in [0.5, 0.6) is 0 Å². The topological polar surface area (TPSA) is 66.4 Å². The molecule has 4 aliphatic carbocycles. The summed E-state index contributed by atoms with van der Waals surface area (Å²) in [5, 5.41) is 12.7. The van der Waals surface area contributed by atoms with E-state index in [-0.39, 0.29) is 17.7 Å². The Balaban J connectivity index is 1.62. The number of hydrogen-bond acceptors (Lipinski definition) is 2. The third kappa shape index (κ3) is 2.41. The Labute approximate surface area is 149 Å². The third-order valence-electron chi connectivity index (χ3n) is 5.95. The Bertz CT molecular complexity index is 744. The first kappa shape index (κ1) is 15.9. The van der Waals surface area contributed by atoms with Gasteiger partial charge in [-0.1, -0.05) is 35.0 Å².